The number of hydrogen-bond acceptors (Lipinski definition) is 3. The van der Waals surface area contributed by atoms with Crippen LogP contribution in [0, 0.1) is 0 Å². The first-order chi connectivity index (χ1) is 6.38. The second-order valence-corrected chi connectivity index (χ2v) is 6.26. The predicted molar refractivity (Wildman–Crippen MR) is 57.6 cm³/mol. The van der Waals surface area contributed by atoms with Crippen molar-refractivity contribution in [1.29, 1.82) is 0 Å². The maximum absolute atomic E-state index is 11.7. The fourth-order valence-electron chi connectivity index (χ4n) is 1.72. The van der Waals surface area contributed by atoms with Gasteiger partial charge in [0, 0.05) is 24.6 Å². The fraction of sp³-hybridized carbons (Fsp3) is 1.00. The van der Waals surface area contributed by atoms with Crippen molar-refractivity contribution in [3.8, 4) is 0 Å². The summed E-state index contributed by atoms with van der Waals surface area (Å²) in [5, 5.41) is 4.57. The fourth-order valence-corrected chi connectivity index (χ4v) is 4.05. The first-order valence-electron chi connectivity index (χ1n) is 4.70. The number of thioether (sulfide) groups is 1. The van der Waals surface area contributed by atoms with Crippen molar-refractivity contribution in [3.63, 3.8) is 0 Å². The summed E-state index contributed by atoms with van der Waals surface area (Å²) < 4.78 is 11.7. The van der Waals surface area contributed by atoms with E-state index in [4.69, 9.17) is 0 Å². The van der Waals surface area contributed by atoms with Gasteiger partial charge in [0.1, 0.15) is 5.75 Å². The van der Waals surface area contributed by atoms with Crippen LogP contribution in [0.1, 0.15) is 0 Å². The van der Waals surface area contributed by atoms with E-state index in [2.05, 4.69) is 10.2 Å². The molecule has 0 spiro atoms. The van der Waals surface area contributed by atoms with Gasteiger partial charge in [-0.3, -0.25) is 4.90 Å². The van der Waals surface area contributed by atoms with E-state index in [-0.39, 0.29) is 5.37 Å². The molecule has 2 saturated heterocycles. The Morgan fingerprint density at radius 1 is 1.38 bits per heavy atom. The molecule has 3 nitrogen and oxygen atoms in total. The van der Waals surface area contributed by atoms with Gasteiger partial charge in [0.05, 0.1) is 13.1 Å². The summed E-state index contributed by atoms with van der Waals surface area (Å²) in [6.45, 7) is 3.77. The van der Waals surface area contributed by atoms with Crippen LogP contribution in [0.2, 0.25) is 0 Å². The van der Waals surface area contributed by atoms with Gasteiger partial charge >= 0.3 is 0 Å². The summed E-state index contributed by atoms with van der Waals surface area (Å²) in [5.74, 6) is 3.15. The highest BCUT2D eigenvalue weighted by Crippen LogP contribution is 2.17. The molecule has 75 valence electrons. The van der Waals surface area contributed by atoms with E-state index >= 15 is 0 Å². The third-order valence-electron chi connectivity index (χ3n) is 2.49. The van der Waals surface area contributed by atoms with Crippen LogP contribution < -0.4 is 5.32 Å². The third-order valence-corrected chi connectivity index (χ3v) is 5.07. The van der Waals surface area contributed by atoms with Gasteiger partial charge in [0.25, 0.3) is 0 Å². The highest BCUT2D eigenvalue weighted by Gasteiger charge is 2.33. The van der Waals surface area contributed by atoms with Crippen LogP contribution >= 0.6 is 11.8 Å². The average Bonchev–Trinajstić information content (AvgIpc) is 2.20. The zero-order valence-corrected chi connectivity index (χ0v) is 9.28. The van der Waals surface area contributed by atoms with Crippen LogP contribution in [0.15, 0.2) is 0 Å². The molecule has 2 fully saturated rings. The lowest BCUT2D eigenvalue weighted by Crippen LogP contribution is -2.53. The maximum Gasteiger partial charge on any atom is 0.183 e. The van der Waals surface area contributed by atoms with E-state index in [1.165, 1.54) is 11.5 Å². The highest BCUT2D eigenvalue weighted by atomic mass is 32.2. The molecule has 0 bridgehead atoms. The molecule has 2 unspecified atom stereocenters. The van der Waals surface area contributed by atoms with E-state index in [9.17, 15) is 4.55 Å². The van der Waals surface area contributed by atoms with Crippen LogP contribution in [0.4, 0.5) is 0 Å². The van der Waals surface area contributed by atoms with Gasteiger partial charge in [0.15, 0.2) is 5.37 Å². The van der Waals surface area contributed by atoms with Gasteiger partial charge in [-0.1, -0.05) is 0 Å². The first-order valence-corrected chi connectivity index (χ1v) is 7.24. The van der Waals surface area contributed by atoms with Gasteiger partial charge in [-0.05, 0) is 11.2 Å². The molecule has 1 radical (unpaired) electrons. The molecule has 13 heavy (non-hydrogen) atoms. The molecule has 2 rings (SSSR count). The van der Waals surface area contributed by atoms with E-state index in [0.29, 0.717) is 0 Å². The normalized spacial score (nSPS) is 37.6. The lowest BCUT2D eigenvalue weighted by atomic mass is 10.4. The number of rotatable bonds is 1. The molecule has 0 aromatic heterocycles. The summed E-state index contributed by atoms with van der Waals surface area (Å²) in [7, 11) is 0. The van der Waals surface area contributed by atoms with Crippen LogP contribution in [0.25, 0.3) is 0 Å². The molecule has 2 heterocycles. The Kier molecular flexibility index (Phi) is 3.80. The summed E-state index contributed by atoms with van der Waals surface area (Å²) in [6, 6.07) is 0. The Labute approximate surface area is 86.8 Å². The molecule has 0 aromatic carbocycles. The molecular formula is C8H15N2OS2. The Bertz CT molecular complexity index is 164. The Hall–Kier alpha value is 0.580. The molecule has 2 atom stereocenters. The molecule has 2 aliphatic heterocycles. The first kappa shape index (κ1) is 10.1. The van der Waals surface area contributed by atoms with Gasteiger partial charge < -0.3 is 4.55 Å². The van der Waals surface area contributed by atoms with Gasteiger partial charge in [-0.25, -0.2) is 5.32 Å². The van der Waals surface area contributed by atoms with Gasteiger partial charge in [-0.2, -0.15) is 11.8 Å². The maximum atomic E-state index is 11.7. The molecule has 2 aliphatic rings. The molecular weight excluding hydrogens is 204 g/mol. The van der Waals surface area contributed by atoms with Crippen molar-refractivity contribution in [2.75, 3.05) is 43.4 Å². The minimum Gasteiger partial charge on any atom is -0.615 e. The predicted octanol–water partition coefficient (Wildman–Crippen LogP) is -0.272. The standard InChI is InChI=1S/C8H15N2OS2/c11-13-6-1-9-7-8(13)10-2-4-12-5-3-10/h8H,1-7H2. The van der Waals surface area contributed by atoms with Crippen LogP contribution in [-0.2, 0) is 11.2 Å². The zero-order chi connectivity index (χ0) is 9.10. The van der Waals surface area contributed by atoms with Crippen LogP contribution in [0.3, 0.4) is 0 Å². The van der Waals surface area contributed by atoms with Crippen molar-refractivity contribution in [1.82, 2.24) is 10.2 Å². The third kappa shape index (κ3) is 2.53. The molecule has 0 saturated carbocycles. The van der Waals surface area contributed by atoms with E-state index in [1.807, 2.05) is 11.8 Å². The largest absolute Gasteiger partial charge is 0.615 e. The van der Waals surface area contributed by atoms with Crippen molar-refractivity contribution in [2.45, 2.75) is 5.37 Å². The summed E-state index contributed by atoms with van der Waals surface area (Å²) in [6.07, 6.45) is 0. The van der Waals surface area contributed by atoms with Crippen LogP contribution in [-0.4, -0.2) is 58.3 Å². The quantitative estimate of drug-likeness (QED) is 0.570. The highest BCUT2D eigenvalue weighted by molar-refractivity contribution is 7.99. The second-order valence-electron chi connectivity index (χ2n) is 3.32. The van der Waals surface area contributed by atoms with Crippen molar-refractivity contribution >= 4 is 22.9 Å². The lowest BCUT2D eigenvalue weighted by Gasteiger charge is -2.36. The minimum absolute atomic E-state index is 0.231. The Morgan fingerprint density at radius 3 is 2.85 bits per heavy atom. The molecule has 5 heteroatoms. The SMILES string of the molecule is [O-][S+]1CC[N]CC1N1CCSCC1. The summed E-state index contributed by atoms with van der Waals surface area (Å²) in [4.78, 5) is 2.36. The van der Waals surface area contributed by atoms with Crippen molar-refractivity contribution in [2.24, 2.45) is 0 Å². The van der Waals surface area contributed by atoms with Crippen LogP contribution in [0.5, 0.6) is 0 Å². The monoisotopic (exact) mass is 219 g/mol. The smallest absolute Gasteiger partial charge is 0.183 e. The van der Waals surface area contributed by atoms with E-state index in [0.717, 1.165) is 31.9 Å². The average molecular weight is 219 g/mol. The summed E-state index contributed by atoms with van der Waals surface area (Å²) >= 11 is 1.34. The molecule has 0 aliphatic carbocycles. The molecule has 0 aromatic rings. The Morgan fingerprint density at radius 2 is 2.15 bits per heavy atom. The van der Waals surface area contributed by atoms with Gasteiger partial charge in [0.2, 0.25) is 0 Å². The van der Waals surface area contributed by atoms with Crippen molar-refractivity contribution < 1.29 is 4.55 Å². The second kappa shape index (κ2) is 4.89. The van der Waals surface area contributed by atoms with Crippen molar-refractivity contribution in [3.05, 3.63) is 0 Å². The van der Waals surface area contributed by atoms with Gasteiger partial charge in [-0.15, -0.1) is 0 Å². The topological polar surface area (TPSA) is 40.4 Å². The minimum atomic E-state index is -0.653. The lowest BCUT2D eigenvalue weighted by molar-refractivity contribution is 0.260. The van der Waals surface area contributed by atoms with E-state index in [1.54, 1.807) is 0 Å². The number of hydrogen-bond donors (Lipinski definition) is 0. The molecule has 0 amide bonds. The molecule has 0 N–H and O–H groups in total. The Balaban J connectivity index is 1.88. The van der Waals surface area contributed by atoms with E-state index < -0.39 is 11.2 Å². The summed E-state index contributed by atoms with van der Waals surface area (Å²) in [5.41, 5.74) is 0. The zero-order valence-electron chi connectivity index (χ0n) is 7.65. The number of nitrogens with zero attached hydrogens (tertiary/aromatic N) is 2.